The van der Waals surface area contributed by atoms with Gasteiger partial charge >= 0.3 is 0 Å². The summed E-state index contributed by atoms with van der Waals surface area (Å²) in [7, 11) is -3.43. The monoisotopic (exact) mass is 400 g/mol. The van der Waals surface area contributed by atoms with Gasteiger partial charge in [0.25, 0.3) is 0 Å². The highest BCUT2D eigenvalue weighted by Gasteiger charge is 2.27. The molecule has 3 rings (SSSR count). The lowest BCUT2D eigenvalue weighted by atomic mass is 10.0. The maximum Gasteiger partial charge on any atom is 0.240 e. The minimum Gasteiger partial charge on any atom is -0.349 e. The predicted octanol–water partition coefficient (Wildman–Crippen LogP) is 3.64. The number of carbonyl (C=O) groups is 1. The fourth-order valence-electron chi connectivity index (χ4n) is 3.07. The number of hydrogen-bond acceptors (Lipinski definition) is 3. The average molecular weight is 401 g/mol. The molecule has 1 fully saturated rings. The summed E-state index contributed by atoms with van der Waals surface area (Å²) in [6, 6.07) is 15.1. The Labute approximate surface area is 167 Å². The summed E-state index contributed by atoms with van der Waals surface area (Å²) in [6.07, 6.45) is 3.60. The molecule has 2 aromatic rings. The third kappa shape index (κ3) is 5.66. The molecule has 0 saturated heterocycles. The third-order valence-corrected chi connectivity index (χ3v) is 6.53. The van der Waals surface area contributed by atoms with E-state index in [2.05, 4.69) is 41.2 Å². The van der Waals surface area contributed by atoms with Gasteiger partial charge in [-0.15, -0.1) is 0 Å². The van der Waals surface area contributed by atoms with Crippen LogP contribution in [0.15, 0.2) is 53.4 Å². The smallest absolute Gasteiger partial charge is 0.240 e. The van der Waals surface area contributed by atoms with Crippen LogP contribution in [-0.4, -0.2) is 20.4 Å². The van der Waals surface area contributed by atoms with E-state index in [1.807, 2.05) is 6.92 Å². The van der Waals surface area contributed by atoms with Crippen molar-refractivity contribution in [1.29, 1.82) is 0 Å². The normalized spacial score (nSPS) is 15.2. The fourth-order valence-corrected chi connectivity index (χ4v) is 4.37. The molecule has 0 bridgehead atoms. The predicted molar refractivity (Wildman–Crippen MR) is 110 cm³/mol. The minimum atomic E-state index is -3.43. The van der Waals surface area contributed by atoms with E-state index >= 15 is 0 Å². The van der Waals surface area contributed by atoms with Gasteiger partial charge in [0, 0.05) is 12.5 Å². The summed E-state index contributed by atoms with van der Waals surface area (Å²) in [6.45, 7) is 4.10. The van der Waals surface area contributed by atoms with Gasteiger partial charge in [0.15, 0.2) is 0 Å². The van der Waals surface area contributed by atoms with Crippen LogP contribution in [0.3, 0.4) is 0 Å². The highest BCUT2D eigenvalue weighted by atomic mass is 32.2. The van der Waals surface area contributed by atoms with Gasteiger partial charge in [0.2, 0.25) is 15.9 Å². The van der Waals surface area contributed by atoms with E-state index in [1.54, 1.807) is 24.3 Å². The molecule has 1 aliphatic rings. The molecular formula is C22H28N2O3S. The second-order valence-electron chi connectivity index (χ2n) is 7.48. The number of hydrogen-bond donors (Lipinski definition) is 2. The van der Waals surface area contributed by atoms with Crippen molar-refractivity contribution in [3.8, 4) is 0 Å². The zero-order valence-electron chi connectivity index (χ0n) is 16.4. The van der Waals surface area contributed by atoms with Crippen molar-refractivity contribution < 1.29 is 13.2 Å². The molecule has 0 radical (unpaired) electrons. The van der Waals surface area contributed by atoms with Gasteiger partial charge in [0.05, 0.1) is 10.9 Å². The largest absolute Gasteiger partial charge is 0.349 e. The van der Waals surface area contributed by atoms with Crippen molar-refractivity contribution in [2.45, 2.75) is 62.9 Å². The topological polar surface area (TPSA) is 75.3 Å². The summed E-state index contributed by atoms with van der Waals surface area (Å²) < 4.78 is 27.1. The van der Waals surface area contributed by atoms with Gasteiger partial charge in [0.1, 0.15) is 0 Å². The van der Waals surface area contributed by atoms with Crippen molar-refractivity contribution in [3.05, 3.63) is 65.2 Å². The second kappa shape index (κ2) is 8.88. The maximum atomic E-state index is 12.4. The summed E-state index contributed by atoms with van der Waals surface area (Å²) in [5.74, 6) is -0.000442. The Morgan fingerprint density at radius 1 is 1.07 bits per heavy atom. The summed E-state index contributed by atoms with van der Waals surface area (Å²) >= 11 is 0. The zero-order chi connectivity index (χ0) is 20.1. The molecule has 2 aromatic carbocycles. The molecular weight excluding hydrogens is 372 g/mol. The first kappa shape index (κ1) is 20.6. The molecule has 0 spiro atoms. The van der Waals surface area contributed by atoms with Crippen LogP contribution in [0.5, 0.6) is 0 Å². The fraction of sp³-hybridized carbons (Fsp3) is 0.409. The van der Waals surface area contributed by atoms with Crippen LogP contribution in [0.4, 0.5) is 0 Å². The van der Waals surface area contributed by atoms with Crippen LogP contribution in [-0.2, 0) is 21.2 Å². The van der Waals surface area contributed by atoms with Gasteiger partial charge in [-0.25, -0.2) is 13.1 Å². The van der Waals surface area contributed by atoms with Crippen molar-refractivity contribution >= 4 is 15.9 Å². The molecule has 1 amide bonds. The van der Waals surface area contributed by atoms with E-state index < -0.39 is 10.0 Å². The van der Waals surface area contributed by atoms with Gasteiger partial charge in [-0.2, -0.15) is 0 Å². The molecule has 2 N–H and O–H groups in total. The Kier molecular flexibility index (Phi) is 6.52. The standard InChI is InChI=1S/C22H28N2O3S/c1-3-21(18-9-4-16(2)5-10-18)23-22(25)15-8-17-6-13-20(14-7-17)28(26,27)24-19-11-12-19/h4-7,9-10,13-14,19,21,24H,3,8,11-12,15H2,1-2H3,(H,23,25). The molecule has 0 aromatic heterocycles. The number of nitrogens with one attached hydrogen (secondary N) is 2. The maximum absolute atomic E-state index is 12.4. The van der Waals surface area contributed by atoms with Gasteiger partial charge in [-0.1, -0.05) is 48.9 Å². The number of amides is 1. The quantitative estimate of drug-likeness (QED) is 0.675. The van der Waals surface area contributed by atoms with Crippen molar-refractivity contribution in [2.75, 3.05) is 0 Å². The SMILES string of the molecule is CCC(NC(=O)CCc1ccc(S(=O)(=O)NC2CC2)cc1)c1ccc(C)cc1. The zero-order valence-corrected chi connectivity index (χ0v) is 17.3. The lowest BCUT2D eigenvalue weighted by Gasteiger charge is -2.18. The van der Waals surface area contributed by atoms with Crippen LogP contribution in [0, 0.1) is 6.92 Å². The number of benzene rings is 2. The first-order chi connectivity index (χ1) is 13.4. The Bertz CT molecular complexity index is 902. The van der Waals surface area contributed by atoms with E-state index in [4.69, 9.17) is 0 Å². The highest BCUT2D eigenvalue weighted by molar-refractivity contribution is 7.89. The molecule has 6 heteroatoms. The van der Waals surface area contributed by atoms with Crippen LogP contribution in [0.25, 0.3) is 0 Å². The van der Waals surface area contributed by atoms with Crippen molar-refractivity contribution in [1.82, 2.24) is 10.0 Å². The molecule has 5 nitrogen and oxygen atoms in total. The molecule has 28 heavy (non-hydrogen) atoms. The first-order valence-electron chi connectivity index (χ1n) is 9.84. The van der Waals surface area contributed by atoms with Gasteiger partial charge in [-0.3, -0.25) is 4.79 Å². The second-order valence-corrected chi connectivity index (χ2v) is 9.19. The molecule has 150 valence electrons. The average Bonchev–Trinajstić information content (AvgIpc) is 3.49. The molecule has 1 aliphatic carbocycles. The van der Waals surface area contributed by atoms with E-state index in [-0.39, 0.29) is 22.9 Å². The Morgan fingerprint density at radius 3 is 2.29 bits per heavy atom. The van der Waals surface area contributed by atoms with E-state index in [0.29, 0.717) is 12.8 Å². The Morgan fingerprint density at radius 2 is 1.71 bits per heavy atom. The van der Waals surface area contributed by atoms with E-state index in [1.165, 1.54) is 5.56 Å². The van der Waals surface area contributed by atoms with Crippen molar-refractivity contribution in [2.24, 2.45) is 0 Å². The highest BCUT2D eigenvalue weighted by Crippen LogP contribution is 2.22. The molecule has 1 atom stereocenters. The number of aryl methyl sites for hydroxylation is 2. The lowest BCUT2D eigenvalue weighted by Crippen LogP contribution is -2.28. The first-order valence-corrected chi connectivity index (χ1v) is 11.3. The summed E-state index contributed by atoms with van der Waals surface area (Å²) in [5.41, 5.74) is 3.26. The van der Waals surface area contributed by atoms with Crippen LogP contribution in [0.2, 0.25) is 0 Å². The van der Waals surface area contributed by atoms with Crippen LogP contribution in [0.1, 0.15) is 55.3 Å². The summed E-state index contributed by atoms with van der Waals surface area (Å²) in [4.78, 5) is 12.6. The van der Waals surface area contributed by atoms with Crippen LogP contribution >= 0.6 is 0 Å². The van der Waals surface area contributed by atoms with Gasteiger partial charge in [-0.05, 0) is 55.9 Å². The van der Waals surface area contributed by atoms with Crippen LogP contribution < -0.4 is 10.0 Å². The molecule has 1 saturated carbocycles. The molecule has 1 unspecified atom stereocenters. The Balaban J connectivity index is 1.53. The minimum absolute atomic E-state index is 0.000442. The third-order valence-electron chi connectivity index (χ3n) is 5.00. The Hall–Kier alpha value is -2.18. The lowest BCUT2D eigenvalue weighted by molar-refractivity contribution is -0.121. The van der Waals surface area contributed by atoms with Gasteiger partial charge < -0.3 is 5.32 Å². The van der Waals surface area contributed by atoms with E-state index in [9.17, 15) is 13.2 Å². The number of carbonyl (C=O) groups excluding carboxylic acids is 1. The number of rotatable bonds is 9. The van der Waals surface area contributed by atoms with Crippen molar-refractivity contribution in [3.63, 3.8) is 0 Å². The summed E-state index contributed by atoms with van der Waals surface area (Å²) in [5, 5.41) is 3.09. The van der Waals surface area contributed by atoms with E-state index in [0.717, 1.165) is 30.4 Å². The number of sulfonamides is 1. The molecule has 0 heterocycles. The molecule has 0 aliphatic heterocycles.